The third-order valence-corrected chi connectivity index (χ3v) is 6.86. The molecule has 3 aliphatic rings. The van der Waals surface area contributed by atoms with Crippen molar-refractivity contribution in [1.82, 2.24) is 15.1 Å². The zero-order valence-corrected chi connectivity index (χ0v) is 18.9. The number of fused-ring (bicyclic) bond motifs is 1. The fraction of sp³-hybridized carbons (Fsp3) is 0.708. The molecule has 6 heteroatoms. The second-order valence-electron chi connectivity index (χ2n) is 10.1. The number of benzene rings is 1. The van der Waals surface area contributed by atoms with E-state index in [9.17, 15) is 4.79 Å². The summed E-state index contributed by atoms with van der Waals surface area (Å²) in [6, 6.07) is 6.23. The molecule has 0 radical (unpaired) electrons. The molecular formula is C24H37N3O3. The van der Waals surface area contributed by atoms with Crippen molar-refractivity contribution in [3.05, 3.63) is 23.8 Å². The van der Waals surface area contributed by atoms with E-state index in [2.05, 4.69) is 44.0 Å². The summed E-state index contributed by atoms with van der Waals surface area (Å²) in [5.74, 6) is 3.01. The Morgan fingerprint density at radius 1 is 1.13 bits per heavy atom. The maximum absolute atomic E-state index is 13.1. The second kappa shape index (κ2) is 8.66. The number of likely N-dealkylation sites (tertiary alicyclic amines) is 2. The van der Waals surface area contributed by atoms with Gasteiger partial charge in [-0.25, -0.2) is 4.79 Å². The first-order chi connectivity index (χ1) is 14.3. The first-order valence-electron chi connectivity index (χ1n) is 11.5. The summed E-state index contributed by atoms with van der Waals surface area (Å²) in [5.41, 5.74) is 1.08. The summed E-state index contributed by atoms with van der Waals surface area (Å²) in [7, 11) is 0. The van der Waals surface area contributed by atoms with Gasteiger partial charge in [-0.2, -0.15) is 0 Å². The molecule has 30 heavy (non-hydrogen) atoms. The van der Waals surface area contributed by atoms with E-state index in [1.54, 1.807) is 0 Å². The Morgan fingerprint density at radius 3 is 2.57 bits per heavy atom. The van der Waals surface area contributed by atoms with Gasteiger partial charge in [0.1, 0.15) is 13.2 Å². The van der Waals surface area contributed by atoms with Crippen LogP contribution in [0.2, 0.25) is 0 Å². The van der Waals surface area contributed by atoms with E-state index < -0.39 is 0 Å². The Bertz CT molecular complexity index is 756. The predicted molar refractivity (Wildman–Crippen MR) is 118 cm³/mol. The van der Waals surface area contributed by atoms with E-state index in [0.29, 0.717) is 31.6 Å². The number of hydrogen-bond acceptors (Lipinski definition) is 4. The summed E-state index contributed by atoms with van der Waals surface area (Å²) in [5, 5.41) is 3.24. The summed E-state index contributed by atoms with van der Waals surface area (Å²) in [6.45, 7) is 14.0. The molecule has 0 spiro atoms. The zero-order chi connectivity index (χ0) is 21.3. The van der Waals surface area contributed by atoms with Crippen LogP contribution in [0, 0.1) is 11.8 Å². The highest BCUT2D eigenvalue weighted by Crippen LogP contribution is 2.38. The summed E-state index contributed by atoms with van der Waals surface area (Å²) in [6.07, 6.45) is 3.30. The fourth-order valence-electron chi connectivity index (χ4n) is 5.29. The molecular weight excluding hydrogens is 378 g/mol. The molecule has 2 saturated heterocycles. The third-order valence-electron chi connectivity index (χ3n) is 6.86. The number of carbonyl (C=O) groups excluding carboxylic acids is 1. The average molecular weight is 416 g/mol. The number of rotatable bonds is 4. The van der Waals surface area contributed by atoms with Crippen LogP contribution in [0.4, 0.5) is 4.79 Å². The second-order valence-corrected chi connectivity index (χ2v) is 10.1. The molecule has 0 bridgehead atoms. The van der Waals surface area contributed by atoms with Crippen LogP contribution in [0.5, 0.6) is 11.5 Å². The lowest BCUT2D eigenvalue weighted by molar-refractivity contribution is 0.0462. The highest BCUT2D eigenvalue weighted by molar-refractivity contribution is 5.75. The van der Waals surface area contributed by atoms with E-state index in [1.807, 2.05) is 17.0 Å². The summed E-state index contributed by atoms with van der Waals surface area (Å²) in [4.78, 5) is 17.7. The SMILES string of the molecule is CC1CC(C)CN(C(C)(C)CNC(=O)N2CCCC2c2ccc3c(c2)OCCO3)C1. The Morgan fingerprint density at radius 2 is 1.83 bits per heavy atom. The van der Waals surface area contributed by atoms with Crippen LogP contribution < -0.4 is 14.8 Å². The first kappa shape index (κ1) is 21.3. The van der Waals surface area contributed by atoms with Crippen molar-refractivity contribution in [1.29, 1.82) is 0 Å². The van der Waals surface area contributed by atoms with Gasteiger partial charge in [-0.05, 0) is 62.6 Å². The maximum atomic E-state index is 13.1. The minimum absolute atomic E-state index is 0.0403. The molecule has 3 atom stereocenters. The van der Waals surface area contributed by atoms with Crippen molar-refractivity contribution in [2.24, 2.45) is 11.8 Å². The lowest BCUT2D eigenvalue weighted by Crippen LogP contribution is -2.57. The number of nitrogens with one attached hydrogen (secondary N) is 1. The molecule has 1 aromatic carbocycles. The van der Waals surface area contributed by atoms with Gasteiger partial charge in [-0.3, -0.25) is 4.90 Å². The van der Waals surface area contributed by atoms with Crippen LogP contribution in [-0.4, -0.2) is 60.8 Å². The molecule has 166 valence electrons. The van der Waals surface area contributed by atoms with Crippen LogP contribution in [0.15, 0.2) is 18.2 Å². The van der Waals surface area contributed by atoms with Gasteiger partial charge in [0, 0.05) is 31.7 Å². The van der Waals surface area contributed by atoms with E-state index in [0.717, 1.165) is 49.5 Å². The van der Waals surface area contributed by atoms with Crippen molar-refractivity contribution in [2.75, 3.05) is 39.4 Å². The molecule has 4 rings (SSSR count). The molecule has 2 fully saturated rings. The van der Waals surface area contributed by atoms with Crippen molar-refractivity contribution >= 4 is 6.03 Å². The highest BCUT2D eigenvalue weighted by atomic mass is 16.6. The number of urea groups is 1. The maximum Gasteiger partial charge on any atom is 0.317 e. The van der Waals surface area contributed by atoms with Gasteiger partial charge in [-0.15, -0.1) is 0 Å². The zero-order valence-electron chi connectivity index (χ0n) is 18.9. The Hall–Kier alpha value is -1.95. The molecule has 3 heterocycles. The van der Waals surface area contributed by atoms with Gasteiger partial charge >= 0.3 is 6.03 Å². The van der Waals surface area contributed by atoms with Gasteiger partial charge in [0.15, 0.2) is 11.5 Å². The molecule has 1 aromatic rings. The molecule has 6 nitrogen and oxygen atoms in total. The minimum atomic E-state index is -0.0508. The minimum Gasteiger partial charge on any atom is -0.486 e. The molecule has 1 N–H and O–H groups in total. The van der Waals surface area contributed by atoms with Crippen LogP contribution in [0.3, 0.4) is 0 Å². The smallest absolute Gasteiger partial charge is 0.317 e. The van der Waals surface area contributed by atoms with E-state index in [1.165, 1.54) is 6.42 Å². The number of piperidine rings is 1. The highest BCUT2D eigenvalue weighted by Gasteiger charge is 2.35. The van der Waals surface area contributed by atoms with Crippen molar-refractivity contribution in [3.8, 4) is 11.5 Å². The van der Waals surface area contributed by atoms with Gasteiger partial charge in [0.05, 0.1) is 6.04 Å². The monoisotopic (exact) mass is 415 g/mol. The Kier molecular flexibility index (Phi) is 6.14. The number of hydrogen-bond donors (Lipinski definition) is 1. The average Bonchev–Trinajstić information content (AvgIpc) is 3.21. The van der Waals surface area contributed by atoms with E-state index >= 15 is 0 Å². The van der Waals surface area contributed by atoms with Crippen LogP contribution >= 0.6 is 0 Å². The molecule has 0 aromatic heterocycles. The van der Waals surface area contributed by atoms with Crippen LogP contribution in [0.25, 0.3) is 0 Å². The van der Waals surface area contributed by atoms with Crippen molar-refractivity contribution in [3.63, 3.8) is 0 Å². The molecule has 0 aliphatic carbocycles. The Balaban J connectivity index is 1.39. The number of amides is 2. The number of carbonyl (C=O) groups is 1. The van der Waals surface area contributed by atoms with Gasteiger partial charge in [0.2, 0.25) is 0 Å². The molecule has 0 saturated carbocycles. The largest absolute Gasteiger partial charge is 0.486 e. The van der Waals surface area contributed by atoms with Crippen molar-refractivity contribution in [2.45, 2.75) is 58.5 Å². The fourth-order valence-corrected chi connectivity index (χ4v) is 5.29. The predicted octanol–water partition coefficient (Wildman–Crippen LogP) is 4.06. The Labute approximate surface area is 180 Å². The van der Waals surface area contributed by atoms with E-state index in [-0.39, 0.29) is 17.6 Å². The van der Waals surface area contributed by atoms with Gasteiger partial charge in [0.25, 0.3) is 0 Å². The number of nitrogens with zero attached hydrogens (tertiary/aromatic N) is 2. The lowest BCUT2D eigenvalue weighted by Gasteiger charge is -2.45. The van der Waals surface area contributed by atoms with Crippen LogP contribution in [-0.2, 0) is 0 Å². The first-order valence-corrected chi connectivity index (χ1v) is 11.5. The van der Waals surface area contributed by atoms with Crippen molar-refractivity contribution < 1.29 is 14.3 Å². The normalized spacial score (nSPS) is 27.2. The topological polar surface area (TPSA) is 54.0 Å². The lowest BCUT2D eigenvalue weighted by atomic mass is 9.88. The van der Waals surface area contributed by atoms with E-state index in [4.69, 9.17) is 9.47 Å². The van der Waals surface area contributed by atoms with Crippen LogP contribution in [0.1, 0.15) is 58.6 Å². The quantitative estimate of drug-likeness (QED) is 0.806. The standard InChI is InChI=1S/C24H37N3O3/c1-17-12-18(2)15-26(14-17)24(3,4)16-25-23(28)27-9-5-6-20(27)19-7-8-21-22(13-19)30-11-10-29-21/h7-8,13,17-18,20H,5-6,9-12,14-16H2,1-4H3,(H,25,28). The molecule has 3 unspecified atom stereocenters. The molecule has 3 aliphatic heterocycles. The third kappa shape index (κ3) is 4.53. The molecule has 2 amide bonds. The van der Waals surface area contributed by atoms with Gasteiger partial charge in [-0.1, -0.05) is 19.9 Å². The van der Waals surface area contributed by atoms with Gasteiger partial charge < -0.3 is 19.7 Å². The summed E-state index contributed by atoms with van der Waals surface area (Å²) >= 11 is 0. The number of ether oxygens (including phenoxy) is 2. The summed E-state index contributed by atoms with van der Waals surface area (Å²) < 4.78 is 11.4.